The summed E-state index contributed by atoms with van der Waals surface area (Å²) in [5.41, 5.74) is 0. The molecule has 0 atom stereocenters. The van der Waals surface area contributed by atoms with Crippen LogP contribution in [0.1, 0.15) is 6.42 Å². The van der Waals surface area contributed by atoms with Gasteiger partial charge in [-0.15, -0.1) is 0 Å². The van der Waals surface area contributed by atoms with Gasteiger partial charge in [-0.25, -0.2) is 0 Å². The molecule has 0 rings (SSSR count). The van der Waals surface area contributed by atoms with Crippen LogP contribution in [-0.2, 0) is 0 Å². The molecule has 10 heavy (non-hydrogen) atoms. The van der Waals surface area contributed by atoms with Crippen LogP contribution in [0.2, 0.25) is 0 Å². The van der Waals surface area contributed by atoms with Crippen molar-refractivity contribution >= 4 is 17.6 Å². The molecule has 0 bridgehead atoms. The third-order valence-electron chi connectivity index (χ3n) is 0.998. The van der Waals surface area contributed by atoms with Gasteiger partial charge < -0.3 is 5.32 Å². The molecule has 0 aromatic heterocycles. The van der Waals surface area contributed by atoms with E-state index in [1.165, 1.54) is 0 Å². The van der Waals surface area contributed by atoms with Crippen LogP contribution in [0.4, 0.5) is 0 Å². The Labute approximate surface area is 67.8 Å². The SMILES string of the molecule is CNCC/C=C/C=C\C=S. The average molecular weight is 155 g/mol. The second-order valence-electron chi connectivity index (χ2n) is 1.84. The van der Waals surface area contributed by atoms with Crippen molar-refractivity contribution in [1.29, 1.82) is 0 Å². The second-order valence-corrected chi connectivity index (χ2v) is 2.11. The predicted octanol–water partition coefficient (Wildman–Crippen LogP) is 1.71. The summed E-state index contributed by atoms with van der Waals surface area (Å²) in [6, 6.07) is 0. The maximum Gasteiger partial charge on any atom is 0.00135 e. The summed E-state index contributed by atoms with van der Waals surface area (Å²) < 4.78 is 0. The summed E-state index contributed by atoms with van der Waals surface area (Å²) in [6.45, 7) is 1.03. The lowest BCUT2D eigenvalue weighted by Gasteiger charge is -1.88. The van der Waals surface area contributed by atoms with Crippen molar-refractivity contribution in [3.8, 4) is 0 Å². The molecule has 0 unspecified atom stereocenters. The van der Waals surface area contributed by atoms with Gasteiger partial charge in [-0.1, -0.05) is 36.5 Å². The lowest BCUT2D eigenvalue weighted by atomic mass is 10.3. The highest BCUT2D eigenvalue weighted by molar-refractivity contribution is 7.79. The van der Waals surface area contributed by atoms with Crippen molar-refractivity contribution in [2.24, 2.45) is 0 Å². The molecule has 1 N–H and O–H groups in total. The minimum atomic E-state index is 1.03. The Hall–Kier alpha value is -0.470. The molecule has 1 nitrogen and oxygen atoms in total. The first kappa shape index (κ1) is 9.53. The van der Waals surface area contributed by atoms with Crippen molar-refractivity contribution in [1.82, 2.24) is 5.32 Å². The Bertz CT molecular complexity index is 127. The summed E-state index contributed by atoms with van der Waals surface area (Å²) in [4.78, 5) is 0. The highest BCUT2D eigenvalue weighted by atomic mass is 32.1. The van der Waals surface area contributed by atoms with Crippen LogP contribution in [-0.4, -0.2) is 19.0 Å². The molecule has 0 aromatic rings. The van der Waals surface area contributed by atoms with E-state index in [1.54, 1.807) is 5.37 Å². The standard InChI is InChI=1S/C8H13NS/c1-9-7-5-3-2-4-6-8-10/h2-4,6,8-9H,5,7H2,1H3/b3-2+,6-4-. The molecule has 0 saturated heterocycles. The molecule has 0 saturated carbocycles. The van der Waals surface area contributed by atoms with Gasteiger partial charge in [0.15, 0.2) is 0 Å². The Morgan fingerprint density at radius 3 is 2.70 bits per heavy atom. The van der Waals surface area contributed by atoms with E-state index in [9.17, 15) is 0 Å². The number of hydrogen-bond acceptors (Lipinski definition) is 2. The van der Waals surface area contributed by atoms with E-state index in [0.717, 1.165) is 13.0 Å². The van der Waals surface area contributed by atoms with Crippen LogP contribution < -0.4 is 5.32 Å². The fourth-order valence-electron chi connectivity index (χ4n) is 0.512. The lowest BCUT2D eigenvalue weighted by Crippen LogP contribution is -2.05. The third-order valence-corrected chi connectivity index (χ3v) is 1.16. The Balaban J connectivity index is 3.19. The van der Waals surface area contributed by atoms with E-state index in [0.29, 0.717) is 0 Å². The normalized spacial score (nSPS) is 11.3. The fourth-order valence-corrected chi connectivity index (χ4v) is 0.603. The minimum Gasteiger partial charge on any atom is -0.319 e. The van der Waals surface area contributed by atoms with E-state index in [4.69, 9.17) is 0 Å². The van der Waals surface area contributed by atoms with Gasteiger partial charge in [-0.05, 0) is 20.0 Å². The Morgan fingerprint density at radius 1 is 1.30 bits per heavy atom. The smallest absolute Gasteiger partial charge is 0.00135 e. The largest absolute Gasteiger partial charge is 0.319 e. The molecule has 0 aliphatic rings. The van der Waals surface area contributed by atoms with Gasteiger partial charge in [0.2, 0.25) is 0 Å². The second kappa shape index (κ2) is 8.53. The quantitative estimate of drug-likeness (QED) is 0.281. The minimum absolute atomic E-state index is 1.03. The molecule has 0 amide bonds. The molecule has 0 heterocycles. The molecular weight excluding hydrogens is 142 g/mol. The summed E-state index contributed by atoms with van der Waals surface area (Å²) in [5, 5.41) is 4.65. The van der Waals surface area contributed by atoms with Gasteiger partial charge in [-0.2, -0.15) is 0 Å². The van der Waals surface area contributed by atoms with Gasteiger partial charge >= 0.3 is 0 Å². The monoisotopic (exact) mass is 155 g/mol. The van der Waals surface area contributed by atoms with Crippen LogP contribution >= 0.6 is 12.2 Å². The van der Waals surface area contributed by atoms with E-state index in [2.05, 4.69) is 23.6 Å². The molecule has 0 spiro atoms. The first-order chi connectivity index (χ1) is 4.91. The van der Waals surface area contributed by atoms with E-state index < -0.39 is 0 Å². The van der Waals surface area contributed by atoms with E-state index >= 15 is 0 Å². The maximum absolute atomic E-state index is 4.59. The zero-order valence-electron chi connectivity index (χ0n) is 6.21. The van der Waals surface area contributed by atoms with Gasteiger partial charge in [-0.3, -0.25) is 0 Å². The fraction of sp³-hybridized carbons (Fsp3) is 0.375. The predicted molar refractivity (Wildman–Crippen MR) is 50.5 cm³/mol. The van der Waals surface area contributed by atoms with E-state index in [-0.39, 0.29) is 0 Å². The van der Waals surface area contributed by atoms with Crippen LogP contribution in [0.15, 0.2) is 24.3 Å². The van der Waals surface area contributed by atoms with Crippen molar-refractivity contribution in [3.05, 3.63) is 24.3 Å². The molecule has 56 valence electrons. The number of allylic oxidation sites excluding steroid dienone is 3. The topological polar surface area (TPSA) is 12.0 Å². The summed E-state index contributed by atoms with van der Waals surface area (Å²) in [5.74, 6) is 0. The average Bonchev–Trinajstić information content (AvgIpc) is 1.97. The zero-order chi connectivity index (χ0) is 7.66. The summed E-state index contributed by atoms with van der Waals surface area (Å²) >= 11 is 4.59. The first-order valence-electron chi connectivity index (χ1n) is 3.33. The first-order valence-corrected chi connectivity index (χ1v) is 3.80. The molecule has 0 aromatic carbocycles. The summed E-state index contributed by atoms with van der Waals surface area (Å²) in [6.07, 6.45) is 8.94. The van der Waals surface area contributed by atoms with Crippen LogP contribution in [0.5, 0.6) is 0 Å². The van der Waals surface area contributed by atoms with Gasteiger partial charge in [0.25, 0.3) is 0 Å². The molecule has 0 radical (unpaired) electrons. The number of rotatable bonds is 5. The number of nitrogens with one attached hydrogen (secondary N) is 1. The van der Waals surface area contributed by atoms with Crippen molar-refractivity contribution in [2.75, 3.05) is 13.6 Å². The molecule has 0 aliphatic heterocycles. The lowest BCUT2D eigenvalue weighted by molar-refractivity contribution is 0.808. The highest BCUT2D eigenvalue weighted by Gasteiger charge is 1.72. The Morgan fingerprint density at radius 2 is 2.10 bits per heavy atom. The maximum atomic E-state index is 4.59. The zero-order valence-corrected chi connectivity index (χ0v) is 7.03. The summed E-state index contributed by atoms with van der Waals surface area (Å²) in [7, 11) is 1.95. The van der Waals surface area contributed by atoms with Crippen molar-refractivity contribution in [2.45, 2.75) is 6.42 Å². The van der Waals surface area contributed by atoms with Crippen LogP contribution in [0.3, 0.4) is 0 Å². The third kappa shape index (κ3) is 7.53. The Kier molecular flexibility index (Phi) is 8.13. The molecular formula is C8H13NS. The van der Waals surface area contributed by atoms with Crippen LogP contribution in [0.25, 0.3) is 0 Å². The van der Waals surface area contributed by atoms with Crippen molar-refractivity contribution < 1.29 is 0 Å². The van der Waals surface area contributed by atoms with Gasteiger partial charge in [0.05, 0.1) is 0 Å². The van der Waals surface area contributed by atoms with Gasteiger partial charge in [0, 0.05) is 5.37 Å². The molecule has 0 aliphatic carbocycles. The van der Waals surface area contributed by atoms with E-state index in [1.807, 2.05) is 25.3 Å². The highest BCUT2D eigenvalue weighted by Crippen LogP contribution is 1.81. The molecule has 2 heteroatoms. The number of thiocarbonyl (C=S) groups is 1. The van der Waals surface area contributed by atoms with Crippen molar-refractivity contribution in [3.63, 3.8) is 0 Å². The number of hydrogen-bond donors (Lipinski definition) is 1. The van der Waals surface area contributed by atoms with Crippen LogP contribution in [0, 0.1) is 0 Å². The van der Waals surface area contributed by atoms with Gasteiger partial charge in [0.1, 0.15) is 0 Å². The molecule has 0 fully saturated rings.